The number of halogens is 3. The summed E-state index contributed by atoms with van der Waals surface area (Å²) in [7, 11) is 0. The van der Waals surface area contributed by atoms with Gasteiger partial charge in [0.25, 0.3) is 5.56 Å². The number of anilines is 1. The number of ether oxygens (including phenoxy) is 1. The van der Waals surface area contributed by atoms with Crippen molar-refractivity contribution in [2.45, 2.75) is 64.5 Å². The fraction of sp³-hybridized carbons (Fsp3) is 0.345. The van der Waals surface area contributed by atoms with Gasteiger partial charge >= 0.3 is 12.3 Å². The molecular weight excluding hydrogens is 553 g/mol. The number of carbonyl (C=O) groups excluding carboxylic acids is 2. The highest BCUT2D eigenvalue weighted by molar-refractivity contribution is 6.02. The summed E-state index contributed by atoms with van der Waals surface area (Å²) in [6.45, 7) is 5.30. The Hall–Kier alpha value is -4.68. The van der Waals surface area contributed by atoms with Gasteiger partial charge in [-0.1, -0.05) is 36.4 Å². The zero-order valence-corrected chi connectivity index (χ0v) is 23.3. The summed E-state index contributed by atoms with van der Waals surface area (Å²) in [5.74, 6) is 0.0726. The minimum Gasteiger partial charge on any atom is -0.442 e. The molecule has 1 aliphatic heterocycles. The zero-order chi connectivity index (χ0) is 30.7. The second-order valence-electron chi connectivity index (χ2n) is 10.8. The maximum atomic E-state index is 13.2. The van der Waals surface area contributed by atoms with E-state index in [1.54, 1.807) is 45.0 Å². The topological polar surface area (TPSA) is 141 Å². The Bertz CT molecular complexity index is 1560. The maximum Gasteiger partial charge on any atom is 0.436 e. The van der Waals surface area contributed by atoms with E-state index >= 15 is 0 Å². The van der Waals surface area contributed by atoms with Crippen LogP contribution in [-0.4, -0.2) is 33.0 Å². The average Bonchev–Trinajstić information content (AvgIpc) is 3.35. The molecule has 42 heavy (non-hydrogen) atoms. The molecule has 4 N–H and O–H groups in total. The van der Waals surface area contributed by atoms with E-state index in [9.17, 15) is 27.6 Å². The number of nitrogens with zero attached hydrogens (tertiary/aromatic N) is 3. The number of nitrogens with two attached hydrogens (primary N) is 1. The largest absolute Gasteiger partial charge is 0.442 e. The monoisotopic (exact) mass is 584 g/mol. The molecule has 0 spiro atoms. The molecule has 0 saturated carbocycles. The summed E-state index contributed by atoms with van der Waals surface area (Å²) < 4.78 is 45.5. The number of aromatic nitrogens is 2. The van der Waals surface area contributed by atoms with Gasteiger partial charge in [-0.15, -0.1) is 0 Å². The fourth-order valence-corrected chi connectivity index (χ4v) is 4.38. The Morgan fingerprint density at radius 1 is 1.10 bits per heavy atom. The minimum atomic E-state index is -4.48. The van der Waals surface area contributed by atoms with Crippen LogP contribution in [0, 0.1) is 0 Å². The molecule has 1 atom stereocenters. The van der Waals surface area contributed by atoms with Crippen LogP contribution in [0.5, 0.6) is 0 Å². The van der Waals surface area contributed by atoms with Crippen LogP contribution in [-0.2, 0) is 35.2 Å². The molecule has 222 valence electrons. The third-order valence-corrected chi connectivity index (χ3v) is 6.38. The van der Waals surface area contributed by atoms with Crippen molar-refractivity contribution in [2.24, 2.45) is 10.7 Å². The Kier molecular flexibility index (Phi) is 8.69. The molecule has 0 fully saturated rings. The molecular formula is C29H31F3N6O4. The van der Waals surface area contributed by atoms with Gasteiger partial charge in [0.15, 0.2) is 0 Å². The molecule has 0 unspecified atom stereocenters. The van der Waals surface area contributed by atoms with Gasteiger partial charge in [0.2, 0.25) is 5.91 Å². The van der Waals surface area contributed by atoms with Crippen molar-refractivity contribution in [1.29, 1.82) is 0 Å². The molecule has 13 heteroatoms. The van der Waals surface area contributed by atoms with Crippen molar-refractivity contribution >= 4 is 23.5 Å². The van der Waals surface area contributed by atoms with E-state index in [1.165, 1.54) is 22.9 Å². The summed E-state index contributed by atoms with van der Waals surface area (Å²) in [5, 5.41) is 5.67. The van der Waals surface area contributed by atoms with E-state index in [-0.39, 0.29) is 30.5 Å². The van der Waals surface area contributed by atoms with Gasteiger partial charge < -0.3 is 21.1 Å². The molecule has 1 aliphatic rings. The first kappa shape index (κ1) is 30.3. The molecule has 3 aromatic rings. The number of amidine groups is 1. The molecule has 2 amide bonds. The highest BCUT2D eigenvalue weighted by Crippen LogP contribution is 2.30. The standard InChI is InChI=1S/C29H31F3N6O4/c1-28(2,3)42-27(41)37-24(33)19-9-7-17(8-10-19)14-36-25(39)22-11-12-23-35-16-21(26(40)38(22)23)34-15-18-5-4-6-20(13-18)29(30,31)32/h4-10,13,16,22,34H,11-12,14-15H2,1-3H3,(H,36,39)(H2,33,37,41)/t22-/m0/s1. The normalized spacial score (nSPS) is 15.2. The smallest absolute Gasteiger partial charge is 0.436 e. The number of nitrogens with one attached hydrogen (secondary N) is 2. The lowest BCUT2D eigenvalue weighted by Gasteiger charge is -2.17. The quantitative estimate of drug-likeness (QED) is 0.278. The first-order valence-corrected chi connectivity index (χ1v) is 13.2. The number of hydrogen-bond acceptors (Lipinski definition) is 6. The third-order valence-electron chi connectivity index (χ3n) is 6.38. The van der Waals surface area contributed by atoms with Crippen LogP contribution >= 0.6 is 0 Å². The second kappa shape index (κ2) is 12.0. The van der Waals surface area contributed by atoms with Crippen LogP contribution in [0.25, 0.3) is 0 Å². The van der Waals surface area contributed by atoms with Crippen LogP contribution in [0.3, 0.4) is 0 Å². The number of alkyl halides is 3. The molecule has 0 saturated heterocycles. The van der Waals surface area contributed by atoms with Crippen molar-refractivity contribution in [3.63, 3.8) is 0 Å². The van der Waals surface area contributed by atoms with E-state index < -0.39 is 35.0 Å². The first-order valence-electron chi connectivity index (χ1n) is 13.2. The zero-order valence-electron chi connectivity index (χ0n) is 23.3. The molecule has 2 aromatic carbocycles. The number of benzene rings is 2. The number of amides is 2. The number of aliphatic imine (C=N–C) groups is 1. The third kappa shape index (κ3) is 7.53. The summed E-state index contributed by atoms with van der Waals surface area (Å²) in [6.07, 6.45) is -3.14. The number of fused-ring (bicyclic) bond motifs is 1. The van der Waals surface area contributed by atoms with Crippen LogP contribution in [0.2, 0.25) is 0 Å². The van der Waals surface area contributed by atoms with E-state index in [0.29, 0.717) is 29.8 Å². The summed E-state index contributed by atoms with van der Waals surface area (Å²) in [5.41, 5.74) is 5.62. The maximum absolute atomic E-state index is 13.2. The van der Waals surface area contributed by atoms with E-state index in [4.69, 9.17) is 10.5 Å². The Morgan fingerprint density at radius 3 is 2.48 bits per heavy atom. The number of carbonyl (C=O) groups is 2. The van der Waals surface area contributed by atoms with Crippen molar-refractivity contribution in [2.75, 3.05) is 5.32 Å². The van der Waals surface area contributed by atoms with Crippen molar-refractivity contribution in [3.8, 4) is 0 Å². The molecule has 4 rings (SSSR count). The lowest BCUT2D eigenvalue weighted by atomic mass is 10.1. The fourth-order valence-electron chi connectivity index (χ4n) is 4.38. The van der Waals surface area contributed by atoms with Gasteiger partial charge in [-0.25, -0.2) is 9.78 Å². The Labute approximate surface area is 239 Å². The number of aryl methyl sites for hydroxylation is 1. The van der Waals surface area contributed by atoms with Gasteiger partial charge in [0.1, 0.15) is 29.0 Å². The van der Waals surface area contributed by atoms with E-state index in [1.807, 2.05) is 0 Å². The molecule has 2 heterocycles. The predicted molar refractivity (Wildman–Crippen MR) is 150 cm³/mol. The van der Waals surface area contributed by atoms with Crippen molar-refractivity contribution < 1.29 is 27.5 Å². The summed E-state index contributed by atoms with van der Waals surface area (Å²) >= 11 is 0. The first-order chi connectivity index (χ1) is 19.7. The van der Waals surface area contributed by atoms with Crippen LogP contribution in [0.15, 0.2) is 64.5 Å². The van der Waals surface area contributed by atoms with E-state index in [0.717, 1.165) is 17.7 Å². The highest BCUT2D eigenvalue weighted by atomic mass is 19.4. The lowest BCUT2D eigenvalue weighted by Crippen LogP contribution is -2.36. The SMILES string of the molecule is CC(C)(C)OC(=O)/N=C(\N)c1ccc(CNC(=O)[C@@H]2CCc3ncc(NCc4cccc(C(F)(F)F)c4)c(=O)n32)cc1. The van der Waals surface area contributed by atoms with Gasteiger partial charge in [0, 0.05) is 25.1 Å². The molecule has 0 aliphatic carbocycles. The van der Waals surface area contributed by atoms with Crippen molar-refractivity contribution in [1.82, 2.24) is 14.9 Å². The van der Waals surface area contributed by atoms with Crippen LogP contribution in [0.4, 0.5) is 23.7 Å². The minimum absolute atomic E-state index is 0.00764. The van der Waals surface area contributed by atoms with Gasteiger partial charge in [-0.3, -0.25) is 14.2 Å². The Balaban J connectivity index is 1.39. The number of rotatable bonds is 7. The van der Waals surface area contributed by atoms with Gasteiger partial charge in [-0.2, -0.15) is 18.2 Å². The second-order valence-corrected chi connectivity index (χ2v) is 10.8. The Morgan fingerprint density at radius 2 is 1.81 bits per heavy atom. The van der Waals surface area contributed by atoms with Gasteiger partial charge in [-0.05, 0) is 50.5 Å². The van der Waals surface area contributed by atoms with Crippen LogP contribution < -0.4 is 21.9 Å². The molecule has 0 radical (unpaired) electrons. The molecule has 0 bridgehead atoms. The summed E-state index contributed by atoms with van der Waals surface area (Å²) in [6, 6.07) is 10.8. The number of hydrogen-bond donors (Lipinski definition) is 3. The average molecular weight is 585 g/mol. The lowest BCUT2D eigenvalue weighted by molar-refractivity contribution is -0.137. The molecule has 1 aromatic heterocycles. The summed E-state index contributed by atoms with van der Waals surface area (Å²) in [4.78, 5) is 46.2. The van der Waals surface area contributed by atoms with Crippen LogP contribution in [0.1, 0.15) is 61.3 Å². The highest BCUT2D eigenvalue weighted by Gasteiger charge is 2.32. The van der Waals surface area contributed by atoms with E-state index in [2.05, 4.69) is 20.6 Å². The van der Waals surface area contributed by atoms with Crippen molar-refractivity contribution in [3.05, 3.63) is 93.2 Å². The molecule has 10 nitrogen and oxygen atoms in total. The van der Waals surface area contributed by atoms with Gasteiger partial charge in [0.05, 0.1) is 11.8 Å². The predicted octanol–water partition coefficient (Wildman–Crippen LogP) is 4.32.